The van der Waals surface area contributed by atoms with Crippen LogP contribution in [-0.2, 0) is 0 Å². The van der Waals surface area contributed by atoms with E-state index in [0.29, 0.717) is 0 Å². The normalized spacial score (nSPS) is 11.1. The van der Waals surface area contributed by atoms with Crippen LogP contribution in [0, 0.1) is 0 Å². The van der Waals surface area contributed by atoms with Crippen LogP contribution in [0.2, 0.25) is 0 Å². The van der Waals surface area contributed by atoms with E-state index in [9.17, 15) is 0 Å². The van der Waals surface area contributed by atoms with Crippen molar-refractivity contribution in [2.24, 2.45) is 0 Å². The van der Waals surface area contributed by atoms with E-state index >= 15 is 0 Å². The Kier molecular flexibility index (Phi) is 8.29. The summed E-state index contributed by atoms with van der Waals surface area (Å²) in [6.07, 6.45) is 0. The molecule has 0 saturated heterocycles. The second-order valence-electron chi connectivity index (χ2n) is 13.2. The molecule has 1 heterocycles. The first-order chi connectivity index (χ1) is 25.8. The van der Waals surface area contributed by atoms with Crippen LogP contribution in [0.1, 0.15) is 0 Å². The van der Waals surface area contributed by atoms with Crippen molar-refractivity contribution in [3.63, 3.8) is 0 Å². The highest BCUT2D eigenvalue weighted by atomic mass is 14.7. The van der Waals surface area contributed by atoms with E-state index in [0.717, 1.165) is 27.7 Å². The fourth-order valence-electron chi connectivity index (χ4n) is 7.26. The lowest BCUT2D eigenvalue weighted by Gasteiger charge is -2.15. The Morgan fingerprint density at radius 2 is 0.615 bits per heavy atom. The van der Waals surface area contributed by atoms with Gasteiger partial charge in [-0.3, -0.25) is 0 Å². The fraction of sp³-hybridized carbons (Fsp3) is 0. The second kappa shape index (κ2) is 13.8. The third kappa shape index (κ3) is 6.21. The SMILES string of the molecule is c1ccc(-c2cccc(-c3cccc(-c4cccc(-c5cccc(-c6cc(-c7ccccc7-c7ccccc7)c7ccccc7n6)c5)c4)c3)c2)cc1. The van der Waals surface area contributed by atoms with Crippen LogP contribution in [0.5, 0.6) is 0 Å². The lowest BCUT2D eigenvalue weighted by Crippen LogP contribution is -1.92. The van der Waals surface area contributed by atoms with E-state index in [1.807, 2.05) is 0 Å². The van der Waals surface area contributed by atoms with Crippen molar-refractivity contribution in [2.75, 3.05) is 0 Å². The molecule has 0 atom stereocenters. The molecule has 0 aliphatic heterocycles. The average molecular weight is 662 g/mol. The molecule has 0 N–H and O–H groups in total. The highest BCUT2D eigenvalue weighted by Gasteiger charge is 2.14. The summed E-state index contributed by atoms with van der Waals surface area (Å²) in [5, 5.41) is 1.15. The molecule has 1 heteroatoms. The molecular formula is C51H35N. The number of nitrogens with zero attached hydrogens (tertiary/aromatic N) is 1. The zero-order chi connectivity index (χ0) is 34.7. The van der Waals surface area contributed by atoms with Gasteiger partial charge in [0.1, 0.15) is 0 Å². The molecule has 0 saturated carbocycles. The Morgan fingerprint density at radius 1 is 0.231 bits per heavy atom. The smallest absolute Gasteiger partial charge is 0.0716 e. The van der Waals surface area contributed by atoms with Crippen LogP contribution in [0.25, 0.3) is 88.9 Å². The minimum absolute atomic E-state index is 0.958. The lowest BCUT2D eigenvalue weighted by atomic mass is 9.91. The zero-order valence-corrected chi connectivity index (χ0v) is 28.7. The molecule has 1 nitrogen and oxygen atoms in total. The van der Waals surface area contributed by atoms with Crippen molar-refractivity contribution in [2.45, 2.75) is 0 Å². The van der Waals surface area contributed by atoms with E-state index in [1.54, 1.807) is 0 Å². The van der Waals surface area contributed by atoms with Gasteiger partial charge in [0.25, 0.3) is 0 Å². The maximum atomic E-state index is 5.20. The number of rotatable bonds is 7. The van der Waals surface area contributed by atoms with Gasteiger partial charge in [0.15, 0.2) is 0 Å². The van der Waals surface area contributed by atoms with Gasteiger partial charge in [0.2, 0.25) is 0 Å². The van der Waals surface area contributed by atoms with Crippen LogP contribution in [0.3, 0.4) is 0 Å². The molecular weight excluding hydrogens is 627 g/mol. The Balaban J connectivity index is 1.08. The third-order valence-corrected chi connectivity index (χ3v) is 9.87. The molecule has 9 aromatic rings. The average Bonchev–Trinajstić information content (AvgIpc) is 3.24. The standard InChI is InChI=1S/C51H35N/c1-3-15-36(16-4-1)38-19-11-20-39(31-38)40-21-12-22-41(32-40)42-23-13-24-43(33-42)44-25-14-26-45(34-44)51-35-49(48-29-9-10-30-50(48)52-51)47-28-8-7-27-46(47)37-17-5-2-6-18-37/h1-35H. The minimum Gasteiger partial charge on any atom is -0.248 e. The number of fused-ring (bicyclic) bond motifs is 1. The topological polar surface area (TPSA) is 12.9 Å². The van der Waals surface area contributed by atoms with Crippen LogP contribution >= 0.6 is 0 Å². The molecule has 0 spiro atoms. The lowest BCUT2D eigenvalue weighted by molar-refractivity contribution is 1.40. The van der Waals surface area contributed by atoms with Gasteiger partial charge in [0, 0.05) is 10.9 Å². The number of benzene rings is 8. The summed E-state index contributed by atoms with van der Waals surface area (Å²) in [5.41, 5.74) is 17.4. The molecule has 0 bridgehead atoms. The van der Waals surface area contributed by atoms with Gasteiger partial charge in [0.05, 0.1) is 11.2 Å². The summed E-state index contributed by atoms with van der Waals surface area (Å²) >= 11 is 0. The molecule has 8 aromatic carbocycles. The monoisotopic (exact) mass is 661 g/mol. The second-order valence-corrected chi connectivity index (χ2v) is 13.2. The van der Waals surface area contributed by atoms with Gasteiger partial charge < -0.3 is 0 Å². The predicted molar refractivity (Wildman–Crippen MR) is 220 cm³/mol. The van der Waals surface area contributed by atoms with E-state index in [2.05, 4.69) is 212 Å². The van der Waals surface area contributed by atoms with Crippen molar-refractivity contribution in [1.82, 2.24) is 4.98 Å². The van der Waals surface area contributed by atoms with E-state index < -0.39 is 0 Å². The minimum atomic E-state index is 0.958. The number of aromatic nitrogens is 1. The van der Waals surface area contributed by atoms with E-state index in [4.69, 9.17) is 4.98 Å². The van der Waals surface area contributed by atoms with E-state index in [1.165, 1.54) is 61.2 Å². The molecule has 0 fully saturated rings. The first kappa shape index (κ1) is 31.2. The maximum absolute atomic E-state index is 5.20. The molecule has 244 valence electrons. The number of para-hydroxylation sites is 1. The molecule has 0 aliphatic rings. The number of hydrogen-bond donors (Lipinski definition) is 0. The summed E-state index contributed by atoms with van der Waals surface area (Å²) in [6.45, 7) is 0. The summed E-state index contributed by atoms with van der Waals surface area (Å²) in [6, 6.07) is 75.9. The fourth-order valence-corrected chi connectivity index (χ4v) is 7.26. The van der Waals surface area contributed by atoms with E-state index in [-0.39, 0.29) is 0 Å². The molecule has 52 heavy (non-hydrogen) atoms. The Labute approximate surface area is 305 Å². The summed E-state index contributed by atoms with van der Waals surface area (Å²) in [5.74, 6) is 0. The summed E-state index contributed by atoms with van der Waals surface area (Å²) < 4.78 is 0. The molecule has 0 amide bonds. The van der Waals surface area contributed by atoms with Crippen LogP contribution in [-0.4, -0.2) is 4.98 Å². The maximum Gasteiger partial charge on any atom is 0.0716 e. The highest BCUT2D eigenvalue weighted by Crippen LogP contribution is 2.39. The van der Waals surface area contributed by atoms with Gasteiger partial charge >= 0.3 is 0 Å². The predicted octanol–water partition coefficient (Wildman–Crippen LogP) is 13.9. The largest absolute Gasteiger partial charge is 0.248 e. The van der Waals surface area contributed by atoms with Gasteiger partial charge in [-0.15, -0.1) is 0 Å². The first-order valence-corrected chi connectivity index (χ1v) is 17.8. The van der Waals surface area contributed by atoms with Crippen molar-refractivity contribution in [3.05, 3.63) is 212 Å². The Hall–Kier alpha value is -6.83. The van der Waals surface area contributed by atoms with Crippen LogP contribution < -0.4 is 0 Å². The molecule has 0 radical (unpaired) electrons. The summed E-state index contributed by atoms with van der Waals surface area (Å²) in [4.78, 5) is 5.20. The van der Waals surface area contributed by atoms with Gasteiger partial charge in [-0.1, -0.05) is 176 Å². The van der Waals surface area contributed by atoms with Crippen molar-refractivity contribution < 1.29 is 0 Å². The Bertz CT molecular complexity index is 2670. The van der Waals surface area contributed by atoms with Crippen molar-refractivity contribution in [1.29, 1.82) is 0 Å². The van der Waals surface area contributed by atoms with Gasteiger partial charge in [-0.2, -0.15) is 0 Å². The van der Waals surface area contributed by atoms with Gasteiger partial charge in [-0.25, -0.2) is 4.98 Å². The van der Waals surface area contributed by atoms with Crippen molar-refractivity contribution >= 4 is 10.9 Å². The first-order valence-electron chi connectivity index (χ1n) is 17.8. The highest BCUT2D eigenvalue weighted by molar-refractivity contribution is 6.00. The van der Waals surface area contributed by atoms with Crippen LogP contribution in [0.15, 0.2) is 212 Å². The molecule has 0 unspecified atom stereocenters. The quantitative estimate of drug-likeness (QED) is 0.166. The van der Waals surface area contributed by atoms with Crippen molar-refractivity contribution in [3.8, 4) is 78.0 Å². The van der Waals surface area contributed by atoms with Crippen LogP contribution in [0.4, 0.5) is 0 Å². The zero-order valence-electron chi connectivity index (χ0n) is 28.7. The van der Waals surface area contributed by atoms with Gasteiger partial charge in [-0.05, 0) is 103 Å². The molecule has 9 rings (SSSR count). The number of hydrogen-bond acceptors (Lipinski definition) is 1. The third-order valence-electron chi connectivity index (χ3n) is 9.87. The molecule has 0 aliphatic carbocycles. The molecule has 1 aromatic heterocycles. The summed E-state index contributed by atoms with van der Waals surface area (Å²) in [7, 11) is 0. The Morgan fingerprint density at radius 3 is 1.17 bits per heavy atom. The number of pyridine rings is 1.